The number of para-hydroxylation sites is 2. The number of ether oxygens (including phenoxy) is 1. The minimum Gasteiger partial charge on any atom is -0.495 e. The molecule has 4 rings (SSSR count). The average molecular weight is 424 g/mol. The van der Waals surface area contributed by atoms with E-state index in [4.69, 9.17) is 9.73 Å². The number of rotatable bonds is 6. The Morgan fingerprint density at radius 1 is 1.20 bits per heavy atom. The van der Waals surface area contributed by atoms with E-state index in [0.717, 1.165) is 29.7 Å². The van der Waals surface area contributed by atoms with Crippen molar-refractivity contribution in [1.82, 2.24) is 4.90 Å². The van der Waals surface area contributed by atoms with Crippen LogP contribution in [0, 0.1) is 13.8 Å². The van der Waals surface area contributed by atoms with E-state index in [1.807, 2.05) is 31.2 Å². The van der Waals surface area contributed by atoms with Crippen molar-refractivity contribution in [3.63, 3.8) is 0 Å². The van der Waals surface area contributed by atoms with Crippen LogP contribution < -0.4 is 10.1 Å². The molecule has 0 bridgehead atoms. The number of benzene rings is 2. The van der Waals surface area contributed by atoms with Gasteiger partial charge in [-0.3, -0.25) is 14.5 Å². The lowest BCUT2D eigenvalue weighted by molar-refractivity contribution is -0.128. The third-order valence-corrected chi connectivity index (χ3v) is 6.57. The summed E-state index contributed by atoms with van der Waals surface area (Å²) in [7, 11) is 1.56. The van der Waals surface area contributed by atoms with Gasteiger partial charge in [0.1, 0.15) is 11.0 Å². The molecular formula is C23H25N3O3S. The van der Waals surface area contributed by atoms with Crippen molar-refractivity contribution in [3.05, 3.63) is 53.6 Å². The highest BCUT2D eigenvalue weighted by molar-refractivity contribution is 8.15. The van der Waals surface area contributed by atoms with Crippen molar-refractivity contribution < 1.29 is 14.3 Å². The number of nitrogens with zero attached hydrogens (tertiary/aromatic N) is 2. The van der Waals surface area contributed by atoms with Gasteiger partial charge in [-0.15, -0.1) is 0 Å². The molecule has 1 saturated carbocycles. The van der Waals surface area contributed by atoms with E-state index < -0.39 is 5.25 Å². The molecule has 1 atom stereocenters. The van der Waals surface area contributed by atoms with Crippen LogP contribution in [0.2, 0.25) is 0 Å². The minimum absolute atomic E-state index is 0.0262. The van der Waals surface area contributed by atoms with Crippen molar-refractivity contribution in [2.75, 3.05) is 12.4 Å². The fourth-order valence-electron chi connectivity index (χ4n) is 3.44. The van der Waals surface area contributed by atoms with Crippen molar-refractivity contribution >= 4 is 40.1 Å². The van der Waals surface area contributed by atoms with E-state index in [1.165, 1.54) is 11.8 Å². The normalized spacial score (nSPS) is 20.0. The maximum Gasteiger partial charge on any atom is 0.242 e. The molecule has 7 heteroatoms. The van der Waals surface area contributed by atoms with Crippen LogP contribution in [-0.4, -0.2) is 40.3 Å². The topological polar surface area (TPSA) is 71.0 Å². The lowest BCUT2D eigenvalue weighted by Crippen LogP contribution is -2.35. The molecule has 0 aromatic heterocycles. The number of carbonyl (C=O) groups is 2. The van der Waals surface area contributed by atoms with Crippen LogP contribution in [0.4, 0.5) is 11.4 Å². The Kier molecular flexibility index (Phi) is 5.81. The average Bonchev–Trinajstić information content (AvgIpc) is 3.51. The summed E-state index contributed by atoms with van der Waals surface area (Å²) in [6, 6.07) is 13.4. The fraction of sp³-hybridized carbons (Fsp3) is 0.348. The highest BCUT2D eigenvalue weighted by Gasteiger charge is 2.46. The largest absolute Gasteiger partial charge is 0.495 e. The van der Waals surface area contributed by atoms with Gasteiger partial charge in [0.15, 0.2) is 5.17 Å². The first kappa shape index (κ1) is 20.5. The summed E-state index contributed by atoms with van der Waals surface area (Å²) in [5.41, 5.74) is 3.74. The maximum absolute atomic E-state index is 13.1. The number of amides is 2. The van der Waals surface area contributed by atoms with Crippen molar-refractivity contribution in [3.8, 4) is 5.75 Å². The van der Waals surface area contributed by atoms with Crippen LogP contribution in [0.1, 0.15) is 30.4 Å². The van der Waals surface area contributed by atoms with E-state index in [0.29, 0.717) is 16.6 Å². The van der Waals surface area contributed by atoms with Gasteiger partial charge in [-0.05, 0) is 56.0 Å². The van der Waals surface area contributed by atoms with E-state index in [9.17, 15) is 9.59 Å². The number of hydrogen-bond donors (Lipinski definition) is 1. The van der Waals surface area contributed by atoms with Gasteiger partial charge < -0.3 is 10.1 Å². The van der Waals surface area contributed by atoms with E-state index >= 15 is 0 Å². The maximum atomic E-state index is 13.1. The first-order valence-electron chi connectivity index (χ1n) is 10.1. The van der Waals surface area contributed by atoms with Crippen LogP contribution in [0.3, 0.4) is 0 Å². The second-order valence-electron chi connectivity index (χ2n) is 7.61. The second-order valence-corrected chi connectivity index (χ2v) is 8.78. The lowest BCUT2D eigenvalue weighted by Gasteiger charge is -2.16. The standard InChI is InChI=1S/C23H25N3O3S/c1-14-7-6-9-17(15(14)2)25-23-26(16-11-12-16)22(28)20(30-23)13-21(27)24-18-8-4-5-10-19(18)29-3/h4-10,16,20H,11-13H2,1-3H3,(H,24,27)/t20-/m1/s1. The molecule has 2 amide bonds. The zero-order chi connectivity index (χ0) is 21.3. The van der Waals surface area contributed by atoms with Gasteiger partial charge in [-0.25, -0.2) is 4.99 Å². The summed E-state index contributed by atoms with van der Waals surface area (Å²) in [5, 5.41) is 3.09. The zero-order valence-electron chi connectivity index (χ0n) is 17.3. The molecule has 2 fully saturated rings. The third-order valence-electron chi connectivity index (χ3n) is 5.42. The van der Waals surface area contributed by atoms with Crippen molar-refractivity contribution in [1.29, 1.82) is 0 Å². The van der Waals surface area contributed by atoms with Crippen LogP contribution in [0.15, 0.2) is 47.5 Å². The molecular weight excluding hydrogens is 398 g/mol. The Bertz CT molecular complexity index is 1020. The van der Waals surface area contributed by atoms with Gasteiger partial charge in [-0.1, -0.05) is 36.0 Å². The van der Waals surface area contributed by atoms with Crippen LogP contribution in [0.25, 0.3) is 0 Å². The Balaban J connectivity index is 1.52. The number of anilines is 1. The van der Waals surface area contributed by atoms with Gasteiger partial charge in [-0.2, -0.15) is 0 Å². The summed E-state index contributed by atoms with van der Waals surface area (Å²) in [5.74, 6) is 0.351. The number of aryl methyl sites for hydroxylation is 1. The third kappa shape index (κ3) is 4.21. The summed E-state index contributed by atoms with van der Waals surface area (Å²) < 4.78 is 5.28. The molecule has 30 heavy (non-hydrogen) atoms. The van der Waals surface area contributed by atoms with Gasteiger partial charge in [0.2, 0.25) is 11.8 Å². The molecule has 1 heterocycles. The molecule has 1 aliphatic carbocycles. The summed E-state index contributed by atoms with van der Waals surface area (Å²) in [4.78, 5) is 32.3. The highest BCUT2D eigenvalue weighted by Crippen LogP contribution is 2.40. The number of hydrogen-bond acceptors (Lipinski definition) is 5. The Morgan fingerprint density at radius 2 is 1.97 bits per heavy atom. The molecule has 1 aliphatic heterocycles. The molecule has 2 aromatic rings. The first-order valence-corrected chi connectivity index (χ1v) is 10.9. The number of aliphatic imine (C=N–C) groups is 1. The van der Waals surface area contributed by atoms with E-state index in [2.05, 4.69) is 18.3 Å². The molecule has 0 spiro atoms. The molecule has 2 aliphatic rings. The number of thioether (sulfide) groups is 1. The predicted octanol–water partition coefficient (Wildman–Crippen LogP) is 4.43. The summed E-state index contributed by atoms with van der Waals surface area (Å²) in [6.07, 6.45) is 2.06. The SMILES string of the molecule is COc1ccccc1NC(=O)C[C@H]1SC(=Nc2cccc(C)c2C)N(C2CC2)C1=O. The lowest BCUT2D eigenvalue weighted by atomic mass is 10.1. The summed E-state index contributed by atoms with van der Waals surface area (Å²) >= 11 is 1.39. The van der Waals surface area contributed by atoms with Crippen LogP contribution in [0.5, 0.6) is 5.75 Å². The second kappa shape index (κ2) is 8.52. The molecule has 6 nitrogen and oxygen atoms in total. The van der Waals surface area contributed by atoms with Crippen molar-refractivity contribution in [2.45, 2.75) is 44.4 Å². The fourth-order valence-corrected chi connectivity index (χ4v) is 4.65. The number of nitrogens with one attached hydrogen (secondary N) is 1. The molecule has 1 N–H and O–H groups in total. The van der Waals surface area contributed by atoms with E-state index in [-0.39, 0.29) is 24.3 Å². The highest BCUT2D eigenvalue weighted by atomic mass is 32.2. The van der Waals surface area contributed by atoms with Gasteiger partial charge in [0.05, 0.1) is 18.5 Å². The number of carbonyl (C=O) groups excluding carboxylic acids is 2. The van der Waals surface area contributed by atoms with Gasteiger partial charge >= 0.3 is 0 Å². The van der Waals surface area contributed by atoms with Crippen LogP contribution >= 0.6 is 11.8 Å². The van der Waals surface area contributed by atoms with Crippen molar-refractivity contribution in [2.24, 2.45) is 4.99 Å². The smallest absolute Gasteiger partial charge is 0.242 e. The number of methoxy groups -OCH3 is 1. The molecule has 156 valence electrons. The molecule has 1 saturated heterocycles. The van der Waals surface area contributed by atoms with E-state index in [1.54, 1.807) is 24.1 Å². The Hall–Kier alpha value is -2.80. The Labute approximate surface area is 180 Å². The Morgan fingerprint density at radius 3 is 2.70 bits per heavy atom. The minimum atomic E-state index is -0.468. The summed E-state index contributed by atoms with van der Waals surface area (Å²) in [6.45, 7) is 4.09. The predicted molar refractivity (Wildman–Crippen MR) is 120 cm³/mol. The van der Waals surface area contributed by atoms with Gasteiger partial charge in [0, 0.05) is 12.5 Å². The molecule has 0 unspecified atom stereocenters. The van der Waals surface area contributed by atoms with Crippen LogP contribution in [-0.2, 0) is 9.59 Å². The monoisotopic (exact) mass is 423 g/mol. The molecule has 2 aromatic carbocycles. The quantitative estimate of drug-likeness (QED) is 0.746. The number of amidine groups is 1. The van der Waals surface area contributed by atoms with Gasteiger partial charge in [0.25, 0.3) is 0 Å². The first-order chi connectivity index (χ1) is 14.5. The zero-order valence-corrected chi connectivity index (χ0v) is 18.2. The molecule has 0 radical (unpaired) electrons.